The van der Waals surface area contributed by atoms with Gasteiger partial charge in [0.25, 0.3) is 0 Å². The van der Waals surface area contributed by atoms with Gasteiger partial charge in [-0.2, -0.15) is 13.2 Å². The van der Waals surface area contributed by atoms with Crippen LogP contribution in [0.25, 0.3) is 11.5 Å². The minimum absolute atomic E-state index is 0.0613. The van der Waals surface area contributed by atoms with Gasteiger partial charge >= 0.3 is 12.1 Å². The quantitative estimate of drug-likeness (QED) is 0.619. The van der Waals surface area contributed by atoms with Gasteiger partial charge in [0, 0.05) is 17.0 Å². The Kier molecular flexibility index (Phi) is 5.86. The predicted molar refractivity (Wildman–Crippen MR) is 102 cm³/mol. The van der Waals surface area contributed by atoms with E-state index >= 15 is 0 Å². The van der Waals surface area contributed by atoms with Gasteiger partial charge in [-0.15, -0.1) is 10.2 Å². The van der Waals surface area contributed by atoms with Crippen molar-refractivity contribution in [2.24, 2.45) is 0 Å². The van der Waals surface area contributed by atoms with Crippen LogP contribution in [-0.4, -0.2) is 30.8 Å². The first kappa shape index (κ1) is 21.8. The fourth-order valence-corrected chi connectivity index (χ4v) is 3.65. The van der Waals surface area contributed by atoms with Crippen LogP contribution in [0.2, 0.25) is 5.02 Å². The lowest BCUT2D eigenvalue weighted by Crippen LogP contribution is -2.15. The third kappa shape index (κ3) is 4.97. The van der Waals surface area contributed by atoms with Gasteiger partial charge in [0.1, 0.15) is 0 Å². The standard InChI is InChI=1S/C18H13ClF3N3O4S/c1-30(27,28)14-9-11(23-15(26)8-10-4-2-3-5-13(10)19)6-7-12(14)16-24-25-17(29-16)18(20,21)22/h2-7,9H,8H2,1H3,(H,23,26). The molecule has 1 amide bonds. The highest BCUT2D eigenvalue weighted by Crippen LogP contribution is 2.33. The van der Waals surface area contributed by atoms with E-state index in [1.807, 2.05) is 0 Å². The first-order valence-corrected chi connectivity index (χ1v) is 10.5. The third-order valence-corrected chi connectivity index (χ3v) is 5.38. The van der Waals surface area contributed by atoms with E-state index in [-0.39, 0.29) is 22.6 Å². The lowest BCUT2D eigenvalue weighted by Gasteiger charge is -2.10. The Morgan fingerprint density at radius 2 is 1.87 bits per heavy atom. The van der Waals surface area contributed by atoms with Gasteiger partial charge < -0.3 is 9.73 Å². The van der Waals surface area contributed by atoms with Crippen molar-refractivity contribution in [2.75, 3.05) is 11.6 Å². The first-order chi connectivity index (χ1) is 13.9. The Bertz CT molecular complexity index is 1210. The minimum Gasteiger partial charge on any atom is -0.413 e. The van der Waals surface area contributed by atoms with Gasteiger partial charge in [-0.3, -0.25) is 4.79 Å². The summed E-state index contributed by atoms with van der Waals surface area (Å²) in [6.07, 6.45) is -4.07. The molecule has 0 spiro atoms. The monoisotopic (exact) mass is 459 g/mol. The van der Waals surface area contributed by atoms with Gasteiger partial charge in [-0.05, 0) is 29.8 Å². The van der Waals surface area contributed by atoms with Crippen molar-refractivity contribution >= 4 is 33.0 Å². The number of benzene rings is 2. The summed E-state index contributed by atoms with van der Waals surface area (Å²) in [6, 6.07) is 10.3. The lowest BCUT2D eigenvalue weighted by atomic mass is 10.1. The molecule has 0 aliphatic heterocycles. The van der Waals surface area contributed by atoms with Crippen LogP contribution in [0.15, 0.2) is 51.8 Å². The summed E-state index contributed by atoms with van der Waals surface area (Å²) in [6.45, 7) is 0. The smallest absolute Gasteiger partial charge is 0.413 e. The van der Waals surface area contributed by atoms with Gasteiger partial charge in [0.2, 0.25) is 11.8 Å². The maximum atomic E-state index is 12.7. The molecule has 158 valence electrons. The van der Waals surface area contributed by atoms with Crippen LogP contribution < -0.4 is 5.32 Å². The molecule has 0 aliphatic carbocycles. The molecule has 0 radical (unpaired) electrons. The summed E-state index contributed by atoms with van der Waals surface area (Å²) < 4.78 is 67.0. The van der Waals surface area contributed by atoms with Crippen LogP contribution in [-0.2, 0) is 27.2 Å². The number of halogens is 4. The number of hydrogen-bond donors (Lipinski definition) is 1. The van der Waals surface area contributed by atoms with Crippen molar-refractivity contribution in [3.63, 3.8) is 0 Å². The zero-order valence-electron chi connectivity index (χ0n) is 15.2. The highest BCUT2D eigenvalue weighted by Gasteiger charge is 2.38. The molecule has 1 N–H and O–H groups in total. The molecule has 3 aromatic rings. The van der Waals surface area contributed by atoms with Crippen molar-refractivity contribution in [1.29, 1.82) is 0 Å². The fourth-order valence-electron chi connectivity index (χ4n) is 2.55. The molecular weight excluding hydrogens is 447 g/mol. The SMILES string of the molecule is CS(=O)(=O)c1cc(NC(=O)Cc2ccccc2Cl)ccc1-c1nnc(C(F)(F)F)o1. The molecule has 7 nitrogen and oxygen atoms in total. The second-order valence-electron chi connectivity index (χ2n) is 6.21. The number of hydrogen-bond acceptors (Lipinski definition) is 6. The molecule has 0 saturated carbocycles. The number of aromatic nitrogens is 2. The van der Waals surface area contributed by atoms with Crippen molar-refractivity contribution in [1.82, 2.24) is 10.2 Å². The van der Waals surface area contributed by atoms with Gasteiger partial charge in [0.05, 0.1) is 16.9 Å². The van der Waals surface area contributed by atoms with Gasteiger partial charge in [0.15, 0.2) is 9.84 Å². The summed E-state index contributed by atoms with van der Waals surface area (Å²) in [5.74, 6) is -2.68. The molecular formula is C18H13ClF3N3O4S. The number of carbonyl (C=O) groups excluding carboxylic acids is 1. The molecule has 30 heavy (non-hydrogen) atoms. The lowest BCUT2D eigenvalue weighted by molar-refractivity contribution is -0.157. The molecule has 0 fully saturated rings. The zero-order valence-corrected chi connectivity index (χ0v) is 16.8. The summed E-state index contributed by atoms with van der Waals surface area (Å²) in [7, 11) is -3.91. The molecule has 1 aromatic heterocycles. The first-order valence-electron chi connectivity index (χ1n) is 8.23. The molecule has 0 bridgehead atoms. The van der Waals surface area contributed by atoms with Crippen LogP contribution in [0.4, 0.5) is 18.9 Å². The summed E-state index contributed by atoms with van der Waals surface area (Å²) in [4.78, 5) is 11.9. The average Bonchev–Trinajstić information content (AvgIpc) is 3.13. The predicted octanol–water partition coefficient (Wildman–Crippen LogP) is 3.99. The summed E-state index contributed by atoms with van der Waals surface area (Å²) in [5.41, 5.74) is 0.471. The molecule has 0 saturated heterocycles. The molecule has 2 aromatic carbocycles. The van der Waals surface area contributed by atoms with Crippen LogP contribution in [0.3, 0.4) is 0 Å². The normalized spacial score (nSPS) is 12.0. The van der Waals surface area contributed by atoms with E-state index < -0.39 is 33.7 Å². The number of anilines is 1. The van der Waals surface area contributed by atoms with E-state index in [4.69, 9.17) is 11.6 Å². The van der Waals surface area contributed by atoms with Crippen molar-refractivity contribution in [3.05, 3.63) is 58.9 Å². The Morgan fingerprint density at radius 1 is 1.17 bits per heavy atom. The number of amides is 1. The number of nitrogens with zero attached hydrogens (tertiary/aromatic N) is 2. The van der Waals surface area contributed by atoms with Crippen LogP contribution in [0, 0.1) is 0 Å². The highest BCUT2D eigenvalue weighted by atomic mass is 35.5. The molecule has 0 unspecified atom stereocenters. The fraction of sp³-hybridized carbons (Fsp3) is 0.167. The highest BCUT2D eigenvalue weighted by molar-refractivity contribution is 7.90. The van der Waals surface area contributed by atoms with E-state index in [9.17, 15) is 26.4 Å². The largest absolute Gasteiger partial charge is 0.470 e. The molecule has 3 rings (SSSR count). The number of alkyl halides is 3. The Balaban J connectivity index is 1.91. The maximum Gasteiger partial charge on any atom is 0.470 e. The number of rotatable bonds is 5. The number of nitrogens with one attached hydrogen (secondary N) is 1. The Hall–Kier alpha value is -2.92. The van der Waals surface area contributed by atoms with Crippen LogP contribution in [0.5, 0.6) is 0 Å². The topological polar surface area (TPSA) is 102 Å². The second kappa shape index (κ2) is 8.07. The van der Waals surface area contributed by atoms with Crippen LogP contribution in [0.1, 0.15) is 11.5 Å². The van der Waals surface area contributed by atoms with E-state index in [2.05, 4.69) is 19.9 Å². The van der Waals surface area contributed by atoms with E-state index in [0.717, 1.165) is 12.3 Å². The van der Waals surface area contributed by atoms with Crippen molar-refractivity contribution < 1.29 is 30.8 Å². The van der Waals surface area contributed by atoms with Gasteiger partial charge in [-0.25, -0.2) is 8.42 Å². The summed E-state index contributed by atoms with van der Waals surface area (Å²) in [5, 5.41) is 9.10. The van der Waals surface area contributed by atoms with Gasteiger partial charge in [-0.1, -0.05) is 29.8 Å². The molecule has 0 atom stereocenters. The number of sulfone groups is 1. The van der Waals surface area contributed by atoms with Crippen molar-refractivity contribution in [2.45, 2.75) is 17.5 Å². The van der Waals surface area contributed by atoms with E-state index in [1.54, 1.807) is 24.3 Å². The third-order valence-electron chi connectivity index (χ3n) is 3.87. The van der Waals surface area contributed by atoms with Crippen molar-refractivity contribution in [3.8, 4) is 11.5 Å². The second-order valence-corrected chi connectivity index (χ2v) is 8.60. The minimum atomic E-state index is -4.87. The molecule has 12 heteroatoms. The Labute approximate surface area is 173 Å². The van der Waals surface area contributed by atoms with Crippen LogP contribution >= 0.6 is 11.6 Å². The Morgan fingerprint density at radius 3 is 2.47 bits per heavy atom. The zero-order chi connectivity index (χ0) is 22.1. The number of carbonyl (C=O) groups is 1. The van der Waals surface area contributed by atoms with E-state index in [1.165, 1.54) is 12.1 Å². The molecule has 0 aliphatic rings. The average molecular weight is 460 g/mol. The summed E-state index contributed by atoms with van der Waals surface area (Å²) >= 11 is 6.02. The van der Waals surface area contributed by atoms with E-state index in [0.29, 0.717) is 10.6 Å². The maximum absolute atomic E-state index is 12.7. The molecule has 1 heterocycles.